The molecule has 28 heavy (non-hydrogen) atoms. The molecule has 0 unspecified atom stereocenters. The molecule has 1 aliphatic carbocycles. The number of rotatable bonds is 7. The van der Waals surface area contributed by atoms with Crippen molar-refractivity contribution < 1.29 is 17.9 Å². The van der Waals surface area contributed by atoms with Gasteiger partial charge in [-0.3, -0.25) is 9.48 Å². The van der Waals surface area contributed by atoms with Gasteiger partial charge in [0.05, 0.1) is 24.7 Å². The number of methoxy groups -OCH3 is 1. The van der Waals surface area contributed by atoms with Gasteiger partial charge in [-0.25, -0.2) is 8.42 Å². The summed E-state index contributed by atoms with van der Waals surface area (Å²) in [5.74, 6) is 1.31. The number of benzene rings is 1. The van der Waals surface area contributed by atoms with Gasteiger partial charge in [0.2, 0.25) is 0 Å². The Morgan fingerprint density at radius 1 is 1.25 bits per heavy atom. The van der Waals surface area contributed by atoms with E-state index in [4.69, 9.17) is 4.74 Å². The van der Waals surface area contributed by atoms with E-state index < -0.39 is 9.84 Å². The number of amides is 1. The highest BCUT2D eigenvalue weighted by Crippen LogP contribution is 2.42. The first kappa shape index (κ1) is 19.0. The van der Waals surface area contributed by atoms with E-state index in [1.54, 1.807) is 11.8 Å². The van der Waals surface area contributed by atoms with Crippen molar-refractivity contribution in [3.05, 3.63) is 47.3 Å². The van der Waals surface area contributed by atoms with E-state index >= 15 is 0 Å². The lowest BCUT2D eigenvalue weighted by molar-refractivity contribution is 0.0948. The third-order valence-corrected chi connectivity index (χ3v) is 7.16. The van der Waals surface area contributed by atoms with Crippen molar-refractivity contribution in [2.24, 2.45) is 0 Å². The molecule has 150 valence electrons. The third kappa shape index (κ3) is 4.22. The zero-order chi connectivity index (χ0) is 19.7. The molecule has 1 amide bonds. The maximum absolute atomic E-state index is 12.6. The molecule has 1 saturated heterocycles. The van der Waals surface area contributed by atoms with Crippen molar-refractivity contribution in [2.75, 3.05) is 25.2 Å². The van der Waals surface area contributed by atoms with Gasteiger partial charge < -0.3 is 10.1 Å². The van der Waals surface area contributed by atoms with E-state index in [0.717, 1.165) is 29.8 Å². The molecule has 7 nitrogen and oxygen atoms in total. The highest BCUT2D eigenvalue weighted by Gasteiger charge is 2.36. The fourth-order valence-corrected chi connectivity index (χ4v) is 5.36. The van der Waals surface area contributed by atoms with Gasteiger partial charge in [-0.05, 0) is 49.4 Å². The normalized spacial score (nSPS) is 20.8. The van der Waals surface area contributed by atoms with Crippen molar-refractivity contribution in [2.45, 2.75) is 37.6 Å². The summed E-state index contributed by atoms with van der Waals surface area (Å²) in [6.07, 6.45) is 3.43. The van der Waals surface area contributed by atoms with Crippen LogP contribution in [0.2, 0.25) is 0 Å². The Kier molecular flexibility index (Phi) is 5.14. The molecular formula is C20H25N3O4S. The first-order chi connectivity index (χ1) is 13.4. The number of nitrogens with one attached hydrogen (secondary N) is 1. The fraction of sp³-hybridized carbons (Fsp3) is 0.500. The number of hydrogen-bond acceptors (Lipinski definition) is 5. The average molecular weight is 404 g/mol. The molecule has 0 bridgehead atoms. The summed E-state index contributed by atoms with van der Waals surface area (Å²) in [5.41, 5.74) is 2.49. The second-order valence-electron chi connectivity index (χ2n) is 7.58. The van der Waals surface area contributed by atoms with Gasteiger partial charge in [-0.2, -0.15) is 5.10 Å². The molecular weight excluding hydrogens is 378 g/mol. The summed E-state index contributed by atoms with van der Waals surface area (Å²) >= 11 is 0. The summed E-state index contributed by atoms with van der Waals surface area (Å²) in [7, 11) is -1.37. The third-order valence-electron chi connectivity index (χ3n) is 5.41. The number of hydrogen-bond donors (Lipinski definition) is 1. The summed E-state index contributed by atoms with van der Waals surface area (Å²) < 4.78 is 30.6. The summed E-state index contributed by atoms with van der Waals surface area (Å²) in [6.45, 7) is 0.509. The molecule has 4 rings (SSSR count). The first-order valence-electron chi connectivity index (χ1n) is 9.66. The van der Waals surface area contributed by atoms with E-state index in [2.05, 4.69) is 10.4 Å². The molecule has 1 saturated carbocycles. The maximum Gasteiger partial charge on any atom is 0.271 e. The van der Waals surface area contributed by atoms with Crippen LogP contribution < -0.4 is 10.1 Å². The van der Waals surface area contributed by atoms with Crippen molar-refractivity contribution in [3.8, 4) is 5.75 Å². The van der Waals surface area contributed by atoms with Gasteiger partial charge in [0, 0.05) is 18.2 Å². The number of ether oxygens (including phenoxy) is 1. The minimum Gasteiger partial charge on any atom is -0.497 e. The topological polar surface area (TPSA) is 90.3 Å². The van der Waals surface area contributed by atoms with Crippen LogP contribution in [0.15, 0.2) is 30.3 Å². The Bertz CT molecular complexity index is 962. The number of aromatic nitrogens is 2. The second kappa shape index (κ2) is 7.58. The Morgan fingerprint density at radius 3 is 2.61 bits per heavy atom. The molecule has 0 radical (unpaired) electrons. The van der Waals surface area contributed by atoms with Crippen molar-refractivity contribution in [3.63, 3.8) is 0 Å². The average Bonchev–Trinajstić information content (AvgIpc) is 3.32. The van der Waals surface area contributed by atoms with E-state index in [9.17, 15) is 13.2 Å². The molecule has 2 aromatic rings. The predicted octanol–water partition coefficient (Wildman–Crippen LogP) is 2.10. The van der Waals surface area contributed by atoms with Crippen molar-refractivity contribution in [1.29, 1.82) is 0 Å². The van der Waals surface area contributed by atoms with Crippen LogP contribution in [0.1, 0.15) is 53.0 Å². The summed E-state index contributed by atoms with van der Waals surface area (Å²) in [5, 5.41) is 7.41. The van der Waals surface area contributed by atoms with Gasteiger partial charge in [-0.1, -0.05) is 12.1 Å². The van der Waals surface area contributed by atoms with Crippen LogP contribution in [0.3, 0.4) is 0 Å². The van der Waals surface area contributed by atoms with Crippen LogP contribution in [0.25, 0.3) is 0 Å². The highest BCUT2D eigenvalue weighted by molar-refractivity contribution is 7.91. The smallest absolute Gasteiger partial charge is 0.271 e. The maximum atomic E-state index is 12.6. The van der Waals surface area contributed by atoms with Gasteiger partial charge in [0.15, 0.2) is 9.84 Å². The lowest BCUT2D eigenvalue weighted by Gasteiger charge is -2.12. The van der Waals surface area contributed by atoms with Crippen LogP contribution in [0.4, 0.5) is 0 Å². The quantitative estimate of drug-likeness (QED) is 0.765. The van der Waals surface area contributed by atoms with Crippen LogP contribution >= 0.6 is 0 Å². The molecule has 1 N–H and O–H groups in total. The van der Waals surface area contributed by atoms with Crippen LogP contribution in [0.5, 0.6) is 5.75 Å². The van der Waals surface area contributed by atoms with Crippen molar-refractivity contribution in [1.82, 2.24) is 15.1 Å². The standard InChI is InChI=1S/C20H25N3O4S/c1-27-17-6-2-14(3-7-17)8-10-21-20(24)18-12-19(15-4-5-15)23(22-18)16-9-11-28(25,26)13-16/h2-3,6-7,12,15-16H,4-5,8-11,13H2,1H3,(H,21,24)/t16-/m1/s1. The predicted molar refractivity (Wildman–Crippen MR) is 106 cm³/mol. The van der Waals surface area contributed by atoms with Gasteiger partial charge in [0.25, 0.3) is 5.91 Å². The van der Waals surface area contributed by atoms with E-state index in [0.29, 0.717) is 31.0 Å². The SMILES string of the molecule is COc1ccc(CCNC(=O)c2cc(C3CC3)n([C@@H]3CCS(=O)(=O)C3)n2)cc1. The molecule has 1 atom stereocenters. The second-order valence-corrected chi connectivity index (χ2v) is 9.81. The number of carbonyl (C=O) groups is 1. The Hall–Kier alpha value is -2.35. The molecule has 1 aliphatic heterocycles. The molecule has 2 heterocycles. The van der Waals surface area contributed by atoms with Crippen LogP contribution in [-0.2, 0) is 16.3 Å². The van der Waals surface area contributed by atoms with Crippen LogP contribution in [-0.4, -0.2) is 49.3 Å². The molecule has 0 spiro atoms. The Morgan fingerprint density at radius 2 is 2.00 bits per heavy atom. The molecule has 2 aliphatic rings. The molecule has 1 aromatic carbocycles. The zero-order valence-electron chi connectivity index (χ0n) is 15.9. The van der Waals surface area contributed by atoms with Gasteiger partial charge >= 0.3 is 0 Å². The first-order valence-corrected chi connectivity index (χ1v) is 11.5. The Balaban J connectivity index is 1.40. The molecule has 1 aromatic heterocycles. The fourth-order valence-electron chi connectivity index (χ4n) is 3.67. The Labute approximate surface area is 165 Å². The monoisotopic (exact) mass is 403 g/mol. The minimum atomic E-state index is -3.00. The minimum absolute atomic E-state index is 0.118. The lowest BCUT2D eigenvalue weighted by atomic mass is 10.1. The van der Waals surface area contributed by atoms with Crippen LogP contribution in [0, 0.1) is 0 Å². The van der Waals surface area contributed by atoms with E-state index in [1.165, 1.54) is 0 Å². The van der Waals surface area contributed by atoms with Gasteiger partial charge in [-0.15, -0.1) is 0 Å². The van der Waals surface area contributed by atoms with E-state index in [1.807, 2.05) is 30.3 Å². The number of nitrogens with zero attached hydrogens (tertiary/aromatic N) is 2. The van der Waals surface area contributed by atoms with Crippen molar-refractivity contribution >= 4 is 15.7 Å². The molecule has 8 heteroatoms. The summed E-state index contributed by atoms with van der Waals surface area (Å²) in [6, 6.07) is 9.44. The summed E-state index contributed by atoms with van der Waals surface area (Å²) in [4.78, 5) is 12.6. The number of carbonyl (C=O) groups excluding carboxylic acids is 1. The highest BCUT2D eigenvalue weighted by atomic mass is 32.2. The molecule has 2 fully saturated rings. The zero-order valence-corrected chi connectivity index (χ0v) is 16.7. The largest absolute Gasteiger partial charge is 0.497 e. The number of sulfone groups is 1. The van der Waals surface area contributed by atoms with Gasteiger partial charge in [0.1, 0.15) is 11.4 Å². The van der Waals surface area contributed by atoms with E-state index in [-0.39, 0.29) is 23.5 Å². The lowest BCUT2D eigenvalue weighted by Crippen LogP contribution is -2.26.